The number of aryl methyl sites for hydroxylation is 1. The topological polar surface area (TPSA) is 37.3 Å². The van der Waals surface area contributed by atoms with Crippen LogP contribution in [0.1, 0.15) is 41.8 Å². The molecule has 1 aromatic rings. The molecule has 0 aliphatic carbocycles. The van der Waals surface area contributed by atoms with Gasteiger partial charge in [-0.3, -0.25) is 4.79 Å². The Bertz CT molecular complexity index is 422. The monoisotopic (exact) mass is 284 g/mol. The lowest BCUT2D eigenvalue weighted by atomic mass is 9.95. The number of hydrogen-bond donors (Lipinski definition) is 1. The van der Waals surface area contributed by atoms with E-state index >= 15 is 0 Å². The van der Waals surface area contributed by atoms with Crippen LogP contribution >= 0.6 is 15.9 Å². The van der Waals surface area contributed by atoms with E-state index in [1.165, 1.54) is 0 Å². The molecule has 2 nitrogen and oxygen atoms in total. The summed E-state index contributed by atoms with van der Waals surface area (Å²) in [6.07, 6.45) is 0.462. The zero-order valence-corrected chi connectivity index (χ0v) is 11.7. The highest BCUT2D eigenvalue weighted by Crippen LogP contribution is 2.32. The highest BCUT2D eigenvalue weighted by atomic mass is 79.9. The molecule has 0 heterocycles. The number of rotatable bonds is 3. The third kappa shape index (κ3) is 2.64. The fourth-order valence-corrected chi connectivity index (χ4v) is 2.08. The van der Waals surface area contributed by atoms with Crippen molar-refractivity contribution >= 4 is 21.7 Å². The van der Waals surface area contributed by atoms with Crippen molar-refractivity contribution < 1.29 is 9.90 Å². The van der Waals surface area contributed by atoms with E-state index in [2.05, 4.69) is 15.9 Å². The molecule has 0 spiro atoms. The minimum atomic E-state index is 0.00528. The molecule has 3 heteroatoms. The molecule has 16 heavy (non-hydrogen) atoms. The number of phenolic OH excluding ortho intramolecular Hbond substituents is 1. The van der Waals surface area contributed by atoms with Crippen LogP contribution in [0.3, 0.4) is 0 Å². The van der Waals surface area contributed by atoms with Gasteiger partial charge in [0, 0.05) is 10.9 Å². The first-order chi connectivity index (χ1) is 7.34. The van der Waals surface area contributed by atoms with Crippen LogP contribution in [0.2, 0.25) is 0 Å². The molecule has 1 rings (SSSR count). The van der Waals surface area contributed by atoms with Crippen LogP contribution < -0.4 is 0 Å². The first kappa shape index (κ1) is 13.2. The molecule has 0 saturated carbocycles. The van der Waals surface area contributed by atoms with E-state index < -0.39 is 0 Å². The van der Waals surface area contributed by atoms with Gasteiger partial charge in [-0.1, -0.05) is 29.8 Å². The number of Topliss-reactive ketones (excluding diaryl/α,β-unsaturated/α-hetero) is 1. The van der Waals surface area contributed by atoms with Gasteiger partial charge < -0.3 is 5.11 Å². The van der Waals surface area contributed by atoms with E-state index in [0.717, 1.165) is 15.6 Å². The highest BCUT2D eigenvalue weighted by Gasteiger charge is 2.18. The SMILES string of the molecule is Cc1cc(O)c(C(=O)CC(C)C)c(C)c1Br. The molecule has 1 N–H and O–H groups in total. The zero-order chi connectivity index (χ0) is 12.5. The number of ketones is 1. The van der Waals surface area contributed by atoms with Gasteiger partial charge in [0.2, 0.25) is 0 Å². The second-order valence-electron chi connectivity index (χ2n) is 4.55. The Morgan fingerprint density at radius 1 is 1.44 bits per heavy atom. The Morgan fingerprint density at radius 3 is 2.50 bits per heavy atom. The normalized spacial score (nSPS) is 10.9. The summed E-state index contributed by atoms with van der Waals surface area (Å²) < 4.78 is 0.900. The van der Waals surface area contributed by atoms with Gasteiger partial charge in [0.05, 0.1) is 5.56 Å². The largest absolute Gasteiger partial charge is 0.507 e. The summed E-state index contributed by atoms with van der Waals surface area (Å²) in [6.45, 7) is 7.74. The minimum absolute atomic E-state index is 0.00528. The van der Waals surface area contributed by atoms with Crippen LogP contribution in [0.25, 0.3) is 0 Å². The molecule has 0 fully saturated rings. The second kappa shape index (κ2) is 5.00. The molecule has 0 bridgehead atoms. The number of hydrogen-bond acceptors (Lipinski definition) is 2. The third-order valence-electron chi connectivity index (χ3n) is 2.53. The number of phenols is 1. The summed E-state index contributed by atoms with van der Waals surface area (Å²) in [5.41, 5.74) is 2.21. The molecule has 88 valence electrons. The Kier molecular flexibility index (Phi) is 4.14. The quantitative estimate of drug-likeness (QED) is 0.852. The summed E-state index contributed by atoms with van der Waals surface area (Å²) in [5, 5.41) is 9.84. The van der Waals surface area contributed by atoms with Crippen LogP contribution in [0.15, 0.2) is 10.5 Å². The molecule has 0 unspecified atom stereocenters. The summed E-state index contributed by atoms with van der Waals surface area (Å²) >= 11 is 3.44. The maximum Gasteiger partial charge on any atom is 0.167 e. The molecule has 0 aliphatic heterocycles. The first-order valence-corrected chi connectivity index (χ1v) is 6.15. The molecule has 1 aromatic carbocycles. The number of carbonyl (C=O) groups is 1. The fourth-order valence-electron chi connectivity index (χ4n) is 1.76. The van der Waals surface area contributed by atoms with Crippen molar-refractivity contribution in [2.45, 2.75) is 34.1 Å². The van der Waals surface area contributed by atoms with Crippen molar-refractivity contribution in [2.75, 3.05) is 0 Å². The third-order valence-corrected chi connectivity index (χ3v) is 3.75. The summed E-state index contributed by atoms with van der Waals surface area (Å²) in [6, 6.07) is 1.63. The van der Waals surface area contributed by atoms with Gasteiger partial charge in [0.1, 0.15) is 5.75 Å². The van der Waals surface area contributed by atoms with Crippen molar-refractivity contribution in [3.63, 3.8) is 0 Å². The van der Waals surface area contributed by atoms with Crippen molar-refractivity contribution in [3.8, 4) is 5.75 Å². The van der Waals surface area contributed by atoms with E-state index in [1.807, 2.05) is 27.7 Å². The molecule has 0 atom stereocenters. The van der Waals surface area contributed by atoms with Crippen molar-refractivity contribution in [3.05, 3.63) is 27.2 Å². The molecule has 0 aliphatic rings. The van der Waals surface area contributed by atoms with E-state index in [0.29, 0.717) is 17.9 Å². The lowest BCUT2D eigenvalue weighted by molar-refractivity contribution is 0.0964. The smallest absolute Gasteiger partial charge is 0.167 e. The lowest BCUT2D eigenvalue weighted by Crippen LogP contribution is -2.07. The molecular weight excluding hydrogens is 268 g/mol. The van der Waals surface area contributed by atoms with E-state index in [4.69, 9.17) is 0 Å². The lowest BCUT2D eigenvalue weighted by Gasteiger charge is -2.12. The average molecular weight is 285 g/mol. The standard InChI is InChI=1S/C13H17BrO2/c1-7(2)5-10(15)12-9(4)13(14)8(3)6-11(12)16/h6-7,16H,5H2,1-4H3. The van der Waals surface area contributed by atoms with Crippen molar-refractivity contribution in [1.29, 1.82) is 0 Å². The van der Waals surface area contributed by atoms with Gasteiger partial charge in [0.25, 0.3) is 0 Å². The summed E-state index contributed by atoms with van der Waals surface area (Å²) in [4.78, 5) is 12.0. The fraction of sp³-hybridized carbons (Fsp3) is 0.462. The Labute approximate surface area is 105 Å². The van der Waals surface area contributed by atoms with Crippen LogP contribution in [0.4, 0.5) is 0 Å². The Hall–Kier alpha value is -0.830. The molecular formula is C13H17BrO2. The van der Waals surface area contributed by atoms with Crippen LogP contribution in [-0.4, -0.2) is 10.9 Å². The number of aromatic hydroxyl groups is 1. The van der Waals surface area contributed by atoms with Crippen molar-refractivity contribution in [1.82, 2.24) is 0 Å². The summed E-state index contributed by atoms with van der Waals surface area (Å²) in [5.74, 6) is 0.390. The Morgan fingerprint density at radius 2 is 2.00 bits per heavy atom. The van der Waals surface area contributed by atoms with Crippen LogP contribution in [0.5, 0.6) is 5.75 Å². The molecule has 0 saturated heterocycles. The van der Waals surface area contributed by atoms with Gasteiger partial charge in [0.15, 0.2) is 5.78 Å². The molecule has 0 aromatic heterocycles. The van der Waals surface area contributed by atoms with Crippen LogP contribution in [-0.2, 0) is 0 Å². The van der Waals surface area contributed by atoms with Gasteiger partial charge in [-0.15, -0.1) is 0 Å². The van der Waals surface area contributed by atoms with Gasteiger partial charge in [-0.25, -0.2) is 0 Å². The predicted octanol–water partition coefficient (Wildman–Crippen LogP) is 4.00. The number of carbonyl (C=O) groups excluding carboxylic acids is 1. The first-order valence-electron chi connectivity index (χ1n) is 5.36. The number of benzene rings is 1. The van der Waals surface area contributed by atoms with Crippen LogP contribution in [0, 0.1) is 19.8 Å². The molecule has 0 radical (unpaired) electrons. The van der Waals surface area contributed by atoms with Gasteiger partial charge >= 0.3 is 0 Å². The van der Waals surface area contributed by atoms with Gasteiger partial charge in [-0.05, 0) is 37.0 Å². The zero-order valence-electron chi connectivity index (χ0n) is 10.1. The Balaban J connectivity index is 3.24. The van der Waals surface area contributed by atoms with E-state index in [1.54, 1.807) is 6.07 Å². The second-order valence-corrected chi connectivity index (χ2v) is 5.34. The molecule has 0 amide bonds. The maximum absolute atomic E-state index is 12.0. The summed E-state index contributed by atoms with van der Waals surface area (Å²) in [7, 11) is 0. The predicted molar refractivity (Wildman–Crippen MR) is 69.1 cm³/mol. The average Bonchev–Trinajstić information content (AvgIpc) is 2.13. The minimum Gasteiger partial charge on any atom is -0.507 e. The van der Waals surface area contributed by atoms with Crippen molar-refractivity contribution in [2.24, 2.45) is 5.92 Å². The number of halogens is 1. The maximum atomic E-state index is 12.0. The van der Waals surface area contributed by atoms with E-state index in [9.17, 15) is 9.90 Å². The van der Waals surface area contributed by atoms with Gasteiger partial charge in [-0.2, -0.15) is 0 Å². The highest BCUT2D eigenvalue weighted by molar-refractivity contribution is 9.10. The van der Waals surface area contributed by atoms with E-state index in [-0.39, 0.29) is 11.5 Å².